The molecule has 0 radical (unpaired) electrons. The molecule has 0 heterocycles. The normalized spacial score (nSPS) is 13.2. The van der Waals surface area contributed by atoms with E-state index < -0.39 is 12.1 Å². The van der Waals surface area contributed by atoms with Crippen LogP contribution in [0.5, 0.6) is 0 Å². The number of rotatable bonds is 7. The van der Waals surface area contributed by atoms with E-state index in [2.05, 4.69) is 5.32 Å². The molecule has 0 rings (SSSR count). The summed E-state index contributed by atoms with van der Waals surface area (Å²) in [6.07, 6.45) is -1.52. The number of nitriles is 1. The summed E-state index contributed by atoms with van der Waals surface area (Å²) in [5.74, 6) is -1.57. The standard InChI is InChI=1S/C11H19N3O4/c1-3-14(7-8(2)6-12)11(18)13-5-4-9(15)10(16)17/h8-9,15H,3-5,7H2,1-2H3,(H,13,18)(H,16,17). The summed E-state index contributed by atoms with van der Waals surface area (Å²) < 4.78 is 0. The van der Waals surface area contributed by atoms with Crippen molar-refractivity contribution < 1.29 is 19.8 Å². The van der Waals surface area contributed by atoms with Gasteiger partial charge in [-0.2, -0.15) is 5.26 Å². The molecule has 0 saturated carbocycles. The number of aliphatic hydroxyl groups is 1. The highest BCUT2D eigenvalue weighted by Gasteiger charge is 2.16. The van der Waals surface area contributed by atoms with E-state index in [-0.39, 0.29) is 24.9 Å². The first-order valence-corrected chi connectivity index (χ1v) is 5.75. The third-order valence-electron chi connectivity index (χ3n) is 2.36. The molecule has 0 aromatic carbocycles. The van der Waals surface area contributed by atoms with Crippen LogP contribution in [0, 0.1) is 17.2 Å². The first kappa shape index (κ1) is 16.2. The zero-order valence-electron chi connectivity index (χ0n) is 10.6. The Hall–Kier alpha value is -1.81. The van der Waals surface area contributed by atoms with Crippen LogP contribution in [-0.2, 0) is 4.79 Å². The zero-order valence-corrected chi connectivity index (χ0v) is 10.6. The highest BCUT2D eigenvalue weighted by molar-refractivity contribution is 5.74. The molecule has 7 heteroatoms. The van der Waals surface area contributed by atoms with Gasteiger partial charge in [0, 0.05) is 26.1 Å². The molecule has 0 spiro atoms. The Bertz CT molecular complexity index is 327. The van der Waals surface area contributed by atoms with Crippen molar-refractivity contribution in [3.8, 4) is 6.07 Å². The van der Waals surface area contributed by atoms with Crippen molar-refractivity contribution in [2.75, 3.05) is 19.6 Å². The summed E-state index contributed by atoms with van der Waals surface area (Å²) in [7, 11) is 0. The third kappa shape index (κ3) is 6.06. The molecule has 2 atom stereocenters. The number of carbonyl (C=O) groups is 2. The number of hydrogen-bond acceptors (Lipinski definition) is 4. The number of amides is 2. The van der Waals surface area contributed by atoms with Gasteiger partial charge in [0.25, 0.3) is 0 Å². The molecule has 3 N–H and O–H groups in total. The van der Waals surface area contributed by atoms with Gasteiger partial charge in [0.15, 0.2) is 6.10 Å². The highest BCUT2D eigenvalue weighted by atomic mass is 16.4. The number of aliphatic hydroxyl groups excluding tert-OH is 1. The number of urea groups is 1. The molecule has 0 bridgehead atoms. The van der Waals surface area contributed by atoms with Crippen molar-refractivity contribution in [1.29, 1.82) is 5.26 Å². The Labute approximate surface area is 106 Å². The third-order valence-corrected chi connectivity index (χ3v) is 2.36. The van der Waals surface area contributed by atoms with E-state index in [0.717, 1.165) is 0 Å². The summed E-state index contributed by atoms with van der Waals surface area (Å²) in [6, 6.07) is 1.67. The maximum Gasteiger partial charge on any atom is 0.332 e. The molecule has 0 aliphatic heterocycles. The first-order chi connectivity index (χ1) is 8.42. The lowest BCUT2D eigenvalue weighted by molar-refractivity contribution is -0.146. The lowest BCUT2D eigenvalue weighted by Crippen LogP contribution is -2.43. The predicted octanol–water partition coefficient (Wildman–Crippen LogP) is 0.0132. The molecule has 102 valence electrons. The Kier molecular flexibility index (Phi) is 7.47. The summed E-state index contributed by atoms with van der Waals surface area (Å²) >= 11 is 0. The molecule has 0 aromatic rings. The maximum atomic E-state index is 11.7. The van der Waals surface area contributed by atoms with E-state index in [1.165, 1.54) is 4.90 Å². The molecular formula is C11H19N3O4. The SMILES string of the molecule is CCN(CC(C)C#N)C(=O)NCCC(O)C(=O)O. The number of carboxylic acids is 1. The summed E-state index contributed by atoms with van der Waals surface area (Å²) in [6.45, 7) is 4.35. The Morgan fingerprint density at radius 1 is 1.50 bits per heavy atom. The van der Waals surface area contributed by atoms with Gasteiger partial charge in [0.2, 0.25) is 0 Å². The fourth-order valence-corrected chi connectivity index (χ4v) is 1.28. The van der Waals surface area contributed by atoms with Crippen LogP contribution >= 0.6 is 0 Å². The van der Waals surface area contributed by atoms with Gasteiger partial charge in [-0.25, -0.2) is 9.59 Å². The van der Waals surface area contributed by atoms with Crippen LogP contribution < -0.4 is 5.32 Å². The molecule has 0 saturated heterocycles. The second-order valence-electron chi connectivity index (χ2n) is 3.94. The molecule has 0 fully saturated rings. The number of carbonyl (C=O) groups excluding carboxylic acids is 1. The van der Waals surface area contributed by atoms with Crippen LogP contribution in [0.3, 0.4) is 0 Å². The smallest absolute Gasteiger partial charge is 0.332 e. The van der Waals surface area contributed by atoms with Crippen molar-refractivity contribution in [2.24, 2.45) is 5.92 Å². The Morgan fingerprint density at radius 2 is 2.11 bits per heavy atom. The second-order valence-corrected chi connectivity index (χ2v) is 3.94. The quantitative estimate of drug-likeness (QED) is 0.594. The van der Waals surface area contributed by atoms with Crippen molar-refractivity contribution >= 4 is 12.0 Å². The maximum absolute atomic E-state index is 11.7. The van der Waals surface area contributed by atoms with Crippen LogP contribution in [0.15, 0.2) is 0 Å². The average molecular weight is 257 g/mol. The van der Waals surface area contributed by atoms with E-state index >= 15 is 0 Å². The fraction of sp³-hybridized carbons (Fsp3) is 0.727. The minimum absolute atomic E-state index is 0.0492. The van der Waals surface area contributed by atoms with Gasteiger partial charge in [-0.15, -0.1) is 0 Å². The monoisotopic (exact) mass is 257 g/mol. The van der Waals surface area contributed by atoms with Gasteiger partial charge in [-0.05, 0) is 13.8 Å². The largest absolute Gasteiger partial charge is 0.479 e. The van der Waals surface area contributed by atoms with Crippen LogP contribution in [0.4, 0.5) is 4.79 Å². The molecular weight excluding hydrogens is 238 g/mol. The second kappa shape index (κ2) is 8.31. The first-order valence-electron chi connectivity index (χ1n) is 5.75. The molecule has 18 heavy (non-hydrogen) atoms. The number of nitrogens with one attached hydrogen (secondary N) is 1. The van der Waals surface area contributed by atoms with Gasteiger partial charge in [0.05, 0.1) is 12.0 Å². The predicted molar refractivity (Wildman–Crippen MR) is 63.7 cm³/mol. The molecule has 2 amide bonds. The van der Waals surface area contributed by atoms with Gasteiger partial charge in [-0.3, -0.25) is 0 Å². The molecule has 2 unspecified atom stereocenters. The van der Waals surface area contributed by atoms with Crippen LogP contribution in [0.2, 0.25) is 0 Å². The van der Waals surface area contributed by atoms with E-state index in [4.69, 9.17) is 15.5 Å². The molecule has 0 aromatic heterocycles. The van der Waals surface area contributed by atoms with E-state index in [9.17, 15) is 9.59 Å². The minimum atomic E-state index is -1.47. The van der Waals surface area contributed by atoms with Gasteiger partial charge < -0.3 is 20.4 Å². The Balaban J connectivity index is 4.06. The van der Waals surface area contributed by atoms with Crippen LogP contribution in [0.1, 0.15) is 20.3 Å². The van der Waals surface area contributed by atoms with Crippen LogP contribution in [0.25, 0.3) is 0 Å². The highest BCUT2D eigenvalue weighted by Crippen LogP contribution is 1.99. The Morgan fingerprint density at radius 3 is 2.56 bits per heavy atom. The molecule has 0 aliphatic carbocycles. The number of hydrogen-bond donors (Lipinski definition) is 3. The van der Waals surface area contributed by atoms with Gasteiger partial charge >= 0.3 is 12.0 Å². The topological polar surface area (TPSA) is 114 Å². The van der Waals surface area contributed by atoms with Gasteiger partial charge in [0.1, 0.15) is 0 Å². The van der Waals surface area contributed by atoms with E-state index in [1.54, 1.807) is 13.8 Å². The van der Waals surface area contributed by atoms with Crippen molar-refractivity contribution in [3.63, 3.8) is 0 Å². The lowest BCUT2D eigenvalue weighted by atomic mass is 10.2. The zero-order chi connectivity index (χ0) is 14.1. The number of nitrogens with zero attached hydrogens (tertiary/aromatic N) is 2. The summed E-state index contributed by atoms with van der Waals surface area (Å²) in [5, 5.41) is 28.6. The van der Waals surface area contributed by atoms with E-state index in [1.807, 2.05) is 6.07 Å². The van der Waals surface area contributed by atoms with E-state index in [0.29, 0.717) is 13.1 Å². The van der Waals surface area contributed by atoms with Crippen molar-refractivity contribution in [3.05, 3.63) is 0 Å². The fourth-order valence-electron chi connectivity index (χ4n) is 1.28. The summed E-state index contributed by atoms with van der Waals surface area (Å²) in [5.41, 5.74) is 0. The van der Waals surface area contributed by atoms with Crippen molar-refractivity contribution in [1.82, 2.24) is 10.2 Å². The number of carboxylic acid groups (broad SMARTS) is 1. The average Bonchev–Trinajstić information content (AvgIpc) is 2.34. The van der Waals surface area contributed by atoms with Gasteiger partial charge in [-0.1, -0.05) is 0 Å². The number of aliphatic carboxylic acids is 1. The van der Waals surface area contributed by atoms with Crippen LogP contribution in [-0.4, -0.2) is 52.9 Å². The molecule has 7 nitrogen and oxygen atoms in total. The van der Waals surface area contributed by atoms with Crippen molar-refractivity contribution in [2.45, 2.75) is 26.4 Å². The summed E-state index contributed by atoms with van der Waals surface area (Å²) in [4.78, 5) is 23.5. The lowest BCUT2D eigenvalue weighted by Gasteiger charge is -2.22. The minimum Gasteiger partial charge on any atom is -0.479 e. The molecule has 0 aliphatic rings.